The minimum absolute atomic E-state index is 0.259. The largest absolute Gasteiger partial charge is 0.350 e. The maximum absolute atomic E-state index is 13.0. The van der Waals surface area contributed by atoms with Crippen LogP contribution >= 0.6 is 0 Å². The Kier molecular flexibility index (Phi) is 7.00. The van der Waals surface area contributed by atoms with Crippen LogP contribution in [0.2, 0.25) is 0 Å². The predicted molar refractivity (Wildman–Crippen MR) is 126 cm³/mol. The fraction of sp³-hybridized carbons (Fsp3) is 0.304. The molecule has 0 bridgehead atoms. The second kappa shape index (κ2) is 9.54. The minimum Gasteiger partial charge on any atom is -0.350 e. The first kappa shape index (κ1) is 23.5. The van der Waals surface area contributed by atoms with Crippen LogP contribution in [-0.2, 0) is 21.5 Å². The summed E-state index contributed by atoms with van der Waals surface area (Å²) in [5.41, 5.74) is 3.98. The van der Waals surface area contributed by atoms with Gasteiger partial charge in [0.25, 0.3) is 0 Å². The van der Waals surface area contributed by atoms with Gasteiger partial charge >= 0.3 is 10.2 Å². The number of aryl methyl sites for hydroxylation is 3. The third-order valence-corrected chi connectivity index (χ3v) is 7.02. The van der Waals surface area contributed by atoms with Gasteiger partial charge in [0, 0.05) is 33.0 Å². The van der Waals surface area contributed by atoms with Crippen molar-refractivity contribution in [3.05, 3.63) is 77.4 Å². The van der Waals surface area contributed by atoms with Crippen LogP contribution in [0.15, 0.2) is 54.9 Å². The van der Waals surface area contributed by atoms with Crippen LogP contribution in [0.3, 0.4) is 0 Å². The summed E-state index contributed by atoms with van der Waals surface area (Å²) in [5, 5.41) is 2.87. The number of anilines is 1. The number of nitrogens with zero attached hydrogens (tertiary/aromatic N) is 4. The highest BCUT2D eigenvalue weighted by Crippen LogP contribution is 2.25. The van der Waals surface area contributed by atoms with Crippen molar-refractivity contribution >= 4 is 21.8 Å². The molecule has 1 amide bonds. The van der Waals surface area contributed by atoms with E-state index < -0.39 is 16.1 Å². The minimum atomic E-state index is -3.87. The van der Waals surface area contributed by atoms with Gasteiger partial charge in [-0.2, -0.15) is 12.7 Å². The number of amides is 1. The fourth-order valence-electron chi connectivity index (χ4n) is 3.38. The van der Waals surface area contributed by atoms with E-state index in [4.69, 9.17) is 0 Å². The van der Waals surface area contributed by atoms with Crippen LogP contribution in [0.25, 0.3) is 5.69 Å². The summed E-state index contributed by atoms with van der Waals surface area (Å²) in [6.45, 7) is 5.56. The molecule has 2 aromatic carbocycles. The Morgan fingerprint density at radius 1 is 1.09 bits per heavy atom. The van der Waals surface area contributed by atoms with Crippen LogP contribution in [0, 0.1) is 20.8 Å². The summed E-state index contributed by atoms with van der Waals surface area (Å²) in [6.07, 6.45) is 3.58. The second-order valence-corrected chi connectivity index (χ2v) is 9.90. The molecule has 0 aliphatic carbocycles. The second-order valence-electron chi connectivity index (χ2n) is 7.84. The quantitative estimate of drug-likeness (QED) is 0.566. The molecule has 0 spiro atoms. The van der Waals surface area contributed by atoms with Gasteiger partial charge in [0.05, 0.1) is 11.4 Å². The van der Waals surface area contributed by atoms with E-state index in [1.165, 1.54) is 14.1 Å². The number of benzene rings is 2. The van der Waals surface area contributed by atoms with E-state index in [1.54, 1.807) is 12.3 Å². The summed E-state index contributed by atoms with van der Waals surface area (Å²) in [6, 6.07) is 13.2. The van der Waals surface area contributed by atoms with Crippen LogP contribution in [0.4, 0.5) is 5.69 Å². The van der Waals surface area contributed by atoms with Gasteiger partial charge < -0.3 is 9.88 Å². The Bertz CT molecular complexity index is 1220. The standard InChI is InChI=1S/C23H29N5O3S/c1-17-10-11-18(2)22(14-17)28(32(30,31)26(4)5)16-23(29)25-15-20-8-6-7-9-21(20)27-13-12-24-19(27)3/h6-14H,15-16H2,1-5H3,(H,25,29). The van der Waals surface area contributed by atoms with Gasteiger partial charge in [-0.3, -0.25) is 4.79 Å². The van der Waals surface area contributed by atoms with Crippen molar-refractivity contribution < 1.29 is 13.2 Å². The summed E-state index contributed by atoms with van der Waals surface area (Å²) in [4.78, 5) is 17.1. The number of para-hydroxylation sites is 1. The van der Waals surface area contributed by atoms with Crippen LogP contribution in [0.1, 0.15) is 22.5 Å². The van der Waals surface area contributed by atoms with Gasteiger partial charge in [0.1, 0.15) is 12.4 Å². The lowest BCUT2D eigenvalue weighted by atomic mass is 10.1. The summed E-state index contributed by atoms with van der Waals surface area (Å²) in [5.74, 6) is 0.440. The number of aromatic nitrogens is 2. The first-order valence-corrected chi connectivity index (χ1v) is 11.6. The number of nitrogens with one attached hydrogen (secondary N) is 1. The molecule has 1 heterocycles. The van der Waals surface area contributed by atoms with Crippen LogP contribution < -0.4 is 9.62 Å². The van der Waals surface area contributed by atoms with Crippen molar-refractivity contribution in [1.82, 2.24) is 19.2 Å². The van der Waals surface area contributed by atoms with Crippen LogP contribution in [-0.4, -0.2) is 48.8 Å². The number of hydrogen-bond donors (Lipinski definition) is 1. The lowest BCUT2D eigenvalue weighted by molar-refractivity contribution is -0.119. The molecule has 0 aliphatic heterocycles. The summed E-state index contributed by atoms with van der Waals surface area (Å²) < 4.78 is 30.2. The SMILES string of the molecule is Cc1ccc(C)c(N(CC(=O)NCc2ccccc2-n2ccnc2C)S(=O)(=O)N(C)C)c1. The molecule has 170 valence electrons. The molecule has 9 heteroatoms. The van der Waals surface area contributed by atoms with Crippen molar-refractivity contribution in [1.29, 1.82) is 0 Å². The third kappa shape index (κ3) is 5.00. The van der Waals surface area contributed by atoms with Gasteiger partial charge in [-0.1, -0.05) is 30.3 Å². The fourth-order valence-corrected chi connectivity index (χ4v) is 4.50. The predicted octanol–water partition coefficient (Wildman–Crippen LogP) is 2.73. The number of carbonyl (C=O) groups is 1. The lowest BCUT2D eigenvalue weighted by Gasteiger charge is -2.28. The van der Waals surface area contributed by atoms with Crippen LogP contribution in [0.5, 0.6) is 0 Å². The van der Waals surface area contributed by atoms with Gasteiger partial charge in [-0.05, 0) is 49.6 Å². The smallest absolute Gasteiger partial charge is 0.304 e. The van der Waals surface area contributed by atoms with Crippen molar-refractivity contribution in [2.45, 2.75) is 27.3 Å². The highest BCUT2D eigenvalue weighted by molar-refractivity contribution is 7.90. The third-order valence-electron chi connectivity index (χ3n) is 5.21. The zero-order valence-electron chi connectivity index (χ0n) is 19.0. The Balaban J connectivity index is 1.83. The monoisotopic (exact) mass is 455 g/mol. The molecule has 1 aromatic heterocycles. The van der Waals surface area contributed by atoms with Gasteiger partial charge in [-0.15, -0.1) is 0 Å². The normalized spacial score (nSPS) is 11.6. The molecule has 0 unspecified atom stereocenters. The highest BCUT2D eigenvalue weighted by Gasteiger charge is 2.28. The maximum atomic E-state index is 13.0. The van der Waals surface area contributed by atoms with Crippen molar-refractivity contribution in [2.24, 2.45) is 0 Å². The Labute approximate surface area is 189 Å². The van der Waals surface area contributed by atoms with Gasteiger partial charge in [0.15, 0.2) is 0 Å². The maximum Gasteiger partial charge on any atom is 0.304 e. The average molecular weight is 456 g/mol. The molecule has 0 radical (unpaired) electrons. The molecule has 3 aromatic rings. The molecular weight excluding hydrogens is 426 g/mol. The van der Waals surface area contributed by atoms with Gasteiger partial charge in [-0.25, -0.2) is 9.29 Å². The number of carbonyl (C=O) groups excluding carboxylic acids is 1. The summed E-state index contributed by atoms with van der Waals surface area (Å²) in [7, 11) is -0.958. The molecule has 32 heavy (non-hydrogen) atoms. The average Bonchev–Trinajstić information content (AvgIpc) is 3.18. The lowest BCUT2D eigenvalue weighted by Crippen LogP contribution is -2.46. The number of rotatable bonds is 8. The topological polar surface area (TPSA) is 87.5 Å². The highest BCUT2D eigenvalue weighted by atomic mass is 32.2. The molecular formula is C23H29N5O3S. The van der Waals surface area contributed by atoms with E-state index >= 15 is 0 Å². The Morgan fingerprint density at radius 3 is 2.47 bits per heavy atom. The van der Waals surface area contributed by atoms with Gasteiger partial charge in [0.2, 0.25) is 5.91 Å². The van der Waals surface area contributed by atoms with E-state index in [2.05, 4.69) is 10.3 Å². The van der Waals surface area contributed by atoms with Crippen molar-refractivity contribution in [3.8, 4) is 5.69 Å². The molecule has 3 rings (SSSR count). The number of imidazole rings is 1. The first-order chi connectivity index (χ1) is 15.1. The molecule has 0 fully saturated rings. The van der Waals surface area contributed by atoms with E-state index in [1.807, 2.05) is 67.9 Å². The summed E-state index contributed by atoms with van der Waals surface area (Å²) >= 11 is 0. The molecule has 8 nitrogen and oxygen atoms in total. The molecule has 0 saturated carbocycles. The van der Waals surface area contributed by atoms with Crippen molar-refractivity contribution in [3.63, 3.8) is 0 Å². The molecule has 0 atom stereocenters. The molecule has 0 aliphatic rings. The first-order valence-electron chi connectivity index (χ1n) is 10.2. The van der Waals surface area contributed by atoms with E-state index in [-0.39, 0.29) is 13.1 Å². The molecule has 1 N–H and O–H groups in total. The Morgan fingerprint density at radius 2 is 1.81 bits per heavy atom. The zero-order chi connectivity index (χ0) is 23.5. The van der Waals surface area contributed by atoms with Crippen molar-refractivity contribution in [2.75, 3.05) is 24.9 Å². The Hall–Kier alpha value is -3.17. The molecule has 0 saturated heterocycles. The van der Waals surface area contributed by atoms with E-state index in [9.17, 15) is 13.2 Å². The van der Waals surface area contributed by atoms with E-state index in [0.29, 0.717) is 5.69 Å². The zero-order valence-corrected chi connectivity index (χ0v) is 19.8. The number of hydrogen-bond acceptors (Lipinski definition) is 4. The van der Waals surface area contributed by atoms with E-state index in [0.717, 1.165) is 36.8 Å².